The highest BCUT2D eigenvalue weighted by atomic mass is 79.9. The Kier molecular flexibility index (Phi) is 4.08. The predicted molar refractivity (Wildman–Crippen MR) is 69.8 cm³/mol. The zero-order valence-corrected chi connectivity index (χ0v) is 11.6. The second-order valence-electron chi connectivity index (χ2n) is 4.36. The maximum Gasteiger partial charge on any atom is 0.266 e. The summed E-state index contributed by atoms with van der Waals surface area (Å²) in [7, 11) is 0. The van der Waals surface area contributed by atoms with Crippen molar-refractivity contribution in [2.24, 2.45) is 5.92 Å². The van der Waals surface area contributed by atoms with Crippen molar-refractivity contribution >= 4 is 27.7 Å². The average Bonchev–Trinajstić information content (AvgIpc) is 2.25. The molecule has 1 aromatic rings. The molecule has 0 bridgehead atoms. The van der Waals surface area contributed by atoms with Gasteiger partial charge in [-0.25, -0.2) is 4.98 Å². The third-order valence-corrected chi connectivity index (χ3v) is 5.22. The molecule has 0 saturated heterocycles. The van der Waals surface area contributed by atoms with Crippen molar-refractivity contribution in [3.8, 4) is 0 Å². The molecule has 0 amide bonds. The minimum Gasteiger partial charge on any atom is -0.312 e. The number of H-pyrrole nitrogens is 1. The molecule has 2 unspecified atom stereocenters. The third kappa shape index (κ3) is 2.88. The maximum atomic E-state index is 11.4. The number of hydrogen-bond acceptors (Lipinski definition) is 3. The van der Waals surface area contributed by atoms with Crippen LogP contribution in [0.1, 0.15) is 32.6 Å². The van der Waals surface area contributed by atoms with E-state index in [4.69, 9.17) is 0 Å². The fourth-order valence-corrected chi connectivity index (χ4v) is 3.92. The average molecular weight is 303 g/mol. The maximum absolute atomic E-state index is 11.4. The van der Waals surface area contributed by atoms with Gasteiger partial charge in [-0.1, -0.05) is 19.8 Å². The van der Waals surface area contributed by atoms with Gasteiger partial charge in [-0.05, 0) is 34.7 Å². The second-order valence-corrected chi connectivity index (χ2v) is 6.44. The molecule has 0 aromatic carbocycles. The molecule has 1 N–H and O–H groups in total. The smallest absolute Gasteiger partial charge is 0.266 e. The Hall–Kier alpha value is -0.290. The van der Waals surface area contributed by atoms with E-state index < -0.39 is 0 Å². The molecular formula is C11H15BrN2OS. The van der Waals surface area contributed by atoms with Crippen LogP contribution in [0.5, 0.6) is 0 Å². The molecule has 1 heterocycles. The Morgan fingerprint density at radius 2 is 2.38 bits per heavy atom. The second kappa shape index (κ2) is 5.36. The summed E-state index contributed by atoms with van der Waals surface area (Å²) in [4.78, 5) is 18.2. The van der Waals surface area contributed by atoms with Gasteiger partial charge >= 0.3 is 0 Å². The number of nitrogens with zero attached hydrogens (tertiary/aromatic N) is 1. The number of nitrogens with one attached hydrogen (secondary N) is 1. The normalized spacial score (nSPS) is 25.6. The Morgan fingerprint density at radius 3 is 3.12 bits per heavy atom. The molecule has 2 rings (SSSR count). The van der Waals surface area contributed by atoms with E-state index in [-0.39, 0.29) is 5.56 Å². The highest BCUT2D eigenvalue weighted by Crippen LogP contribution is 2.36. The van der Waals surface area contributed by atoms with Gasteiger partial charge in [-0.3, -0.25) is 4.79 Å². The number of aromatic nitrogens is 2. The molecule has 5 heteroatoms. The zero-order chi connectivity index (χ0) is 11.5. The van der Waals surface area contributed by atoms with Crippen LogP contribution >= 0.6 is 27.7 Å². The van der Waals surface area contributed by atoms with Crippen molar-refractivity contribution in [1.29, 1.82) is 0 Å². The minimum absolute atomic E-state index is 0.0960. The molecule has 1 aromatic heterocycles. The van der Waals surface area contributed by atoms with Crippen molar-refractivity contribution in [2.75, 3.05) is 0 Å². The summed E-state index contributed by atoms with van der Waals surface area (Å²) in [5.74, 6) is 0.798. The fourth-order valence-electron chi connectivity index (χ4n) is 2.09. The van der Waals surface area contributed by atoms with Crippen LogP contribution in [0, 0.1) is 5.92 Å². The SMILES string of the molecule is CC1CCCC(Sc2nc[nH]c(=O)c2Br)C1. The largest absolute Gasteiger partial charge is 0.312 e. The summed E-state index contributed by atoms with van der Waals surface area (Å²) < 4.78 is 0.568. The molecule has 1 saturated carbocycles. The lowest BCUT2D eigenvalue weighted by Gasteiger charge is -2.25. The molecule has 1 fully saturated rings. The lowest BCUT2D eigenvalue weighted by molar-refractivity contribution is 0.394. The monoisotopic (exact) mass is 302 g/mol. The van der Waals surface area contributed by atoms with Gasteiger partial charge in [0, 0.05) is 5.25 Å². The molecule has 1 aliphatic rings. The summed E-state index contributed by atoms with van der Waals surface area (Å²) in [5.41, 5.74) is -0.0960. The number of halogens is 1. The Labute approximate surface area is 108 Å². The number of rotatable bonds is 2. The fraction of sp³-hybridized carbons (Fsp3) is 0.636. The van der Waals surface area contributed by atoms with Crippen molar-refractivity contribution in [3.05, 3.63) is 21.2 Å². The Balaban J connectivity index is 2.08. The third-order valence-electron chi connectivity index (χ3n) is 2.93. The molecule has 1 aliphatic carbocycles. The van der Waals surface area contributed by atoms with Gasteiger partial charge in [0.05, 0.1) is 6.33 Å². The molecule has 2 atom stereocenters. The van der Waals surface area contributed by atoms with E-state index in [1.807, 2.05) is 0 Å². The van der Waals surface area contributed by atoms with Gasteiger partial charge < -0.3 is 4.98 Å². The highest BCUT2D eigenvalue weighted by molar-refractivity contribution is 9.10. The first kappa shape index (κ1) is 12.2. The van der Waals surface area contributed by atoms with E-state index in [1.165, 1.54) is 32.0 Å². The quantitative estimate of drug-likeness (QED) is 0.853. The lowest BCUT2D eigenvalue weighted by Crippen LogP contribution is -2.16. The van der Waals surface area contributed by atoms with Gasteiger partial charge in [-0.15, -0.1) is 11.8 Å². The van der Waals surface area contributed by atoms with Crippen LogP contribution in [0.3, 0.4) is 0 Å². The number of hydrogen-bond donors (Lipinski definition) is 1. The van der Waals surface area contributed by atoms with E-state index in [2.05, 4.69) is 32.8 Å². The van der Waals surface area contributed by atoms with E-state index in [9.17, 15) is 4.79 Å². The molecule has 0 aliphatic heterocycles. The van der Waals surface area contributed by atoms with Gasteiger partial charge in [0.1, 0.15) is 9.50 Å². The van der Waals surface area contributed by atoms with Gasteiger partial charge in [0.25, 0.3) is 5.56 Å². The molecule has 88 valence electrons. The van der Waals surface area contributed by atoms with E-state index in [1.54, 1.807) is 11.8 Å². The van der Waals surface area contributed by atoms with E-state index >= 15 is 0 Å². The van der Waals surface area contributed by atoms with Gasteiger partial charge in [-0.2, -0.15) is 0 Å². The summed E-state index contributed by atoms with van der Waals surface area (Å²) >= 11 is 5.03. The van der Waals surface area contributed by atoms with Gasteiger partial charge in [0.15, 0.2) is 0 Å². The predicted octanol–water partition coefficient (Wildman–Crippen LogP) is 3.20. The number of thioether (sulfide) groups is 1. The van der Waals surface area contributed by atoms with Crippen LogP contribution < -0.4 is 5.56 Å². The molecule has 0 spiro atoms. The molecular weight excluding hydrogens is 288 g/mol. The standard InChI is InChI=1S/C11H15BrN2OS/c1-7-3-2-4-8(5-7)16-11-9(12)10(15)13-6-14-11/h6-8H,2-5H2,1H3,(H,13,14,15). The van der Waals surface area contributed by atoms with Crippen LogP contribution in [0.2, 0.25) is 0 Å². The Morgan fingerprint density at radius 1 is 1.56 bits per heavy atom. The van der Waals surface area contributed by atoms with Gasteiger partial charge in [0.2, 0.25) is 0 Å². The van der Waals surface area contributed by atoms with Crippen LogP contribution in [0.15, 0.2) is 20.6 Å². The van der Waals surface area contributed by atoms with Crippen molar-refractivity contribution in [1.82, 2.24) is 9.97 Å². The summed E-state index contributed by atoms with van der Waals surface area (Å²) in [6.45, 7) is 2.30. The first-order valence-corrected chi connectivity index (χ1v) is 7.24. The van der Waals surface area contributed by atoms with Crippen LogP contribution in [0.4, 0.5) is 0 Å². The number of aromatic amines is 1. The molecule has 16 heavy (non-hydrogen) atoms. The summed E-state index contributed by atoms with van der Waals surface area (Å²) in [6.07, 6.45) is 6.56. The van der Waals surface area contributed by atoms with Crippen molar-refractivity contribution < 1.29 is 0 Å². The van der Waals surface area contributed by atoms with Crippen molar-refractivity contribution in [3.63, 3.8) is 0 Å². The van der Waals surface area contributed by atoms with Crippen LogP contribution in [0.25, 0.3) is 0 Å². The first-order valence-electron chi connectivity index (χ1n) is 5.56. The summed E-state index contributed by atoms with van der Waals surface area (Å²) in [5, 5.41) is 1.43. The zero-order valence-electron chi connectivity index (χ0n) is 9.20. The Bertz CT molecular complexity index is 421. The first-order chi connectivity index (χ1) is 7.66. The molecule has 3 nitrogen and oxygen atoms in total. The van der Waals surface area contributed by atoms with Crippen LogP contribution in [-0.2, 0) is 0 Å². The van der Waals surface area contributed by atoms with Crippen molar-refractivity contribution in [2.45, 2.75) is 42.9 Å². The topological polar surface area (TPSA) is 45.8 Å². The lowest BCUT2D eigenvalue weighted by atomic mass is 9.91. The molecule has 0 radical (unpaired) electrons. The minimum atomic E-state index is -0.0960. The van der Waals surface area contributed by atoms with E-state index in [0.29, 0.717) is 9.72 Å². The highest BCUT2D eigenvalue weighted by Gasteiger charge is 2.21. The summed E-state index contributed by atoms with van der Waals surface area (Å²) in [6, 6.07) is 0. The van der Waals surface area contributed by atoms with E-state index in [0.717, 1.165) is 10.9 Å². The van der Waals surface area contributed by atoms with Crippen LogP contribution in [-0.4, -0.2) is 15.2 Å².